The van der Waals surface area contributed by atoms with Gasteiger partial charge in [0.05, 0.1) is 0 Å². The number of hydrogen-bond acceptors (Lipinski definition) is 2. The molecule has 0 spiro atoms. The highest BCUT2D eigenvalue weighted by molar-refractivity contribution is 8.34. The lowest BCUT2D eigenvalue weighted by Crippen LogP contribution is -1.86. The van der Waals surface area contributed by atoms with Crippen molar-refractivity contribution < 1.29 is 0 Å². The second-order valence-corrected chi connectivity index (χ2v) is 7.96. The first kappa shape index (κ1) is 11.5. The number of fused-ring (bicyclic) bond motifs is 2. The monoisotopic (exact) mass is 298 g/mol. The number of rotatable bonds is 1. The molecule has 0 saturated heterocycles. The lowest BCUT2D eigenvalue weighted by molar-refractivity contribution is 1.44. The van der Waals surface area contributed by atoms with E-state index >= 15 is 0 Å². The zero-order valence-corrected chi connectivity index (χ0v) is 12.4. The smallest absolute Gasteiger partial charge is 0.0425 e. The van der Waals surface area contributed by atoms with Gasteiger partial charge >= 0.3 is 0 Å². The molecule has 0 radical (unpaired) electrons. The molecule has 0 fully saturated rings. The molecule has 2 aromatic carbocycles. The van der Waals surface area contributed by atoms with Crippen LogP contribution in [-0.4, -0.2) is 0 Å². The minimum absolute atomic E-state index is 0.208. The quantitative estimate of drug-likeness (QED) is 0.619. The predicted octanol–water partition coefficient (Wildman–Crippen LogP) is 4.85. The normalized spacial score (nSPS) is 17.5. The first-order valence-electron chi connectivity index (χ1n) is 6.04. The molecule has 0 nitrogen and oxygen atoms in total. The van der Waals surface area contributed by atoms with Crippen molar-refractivity contribution in [1.29, 1.82) is 0 Å². The first-order chi connectivity index (χ1) is 9.33. The Morgan fingerprint density at radius 2 is 1.74 bits per heavy atom. The van der Waals surface area contributed by atoms with Crippen LogP contribution in [-0.2, 0) is 20.6 Å². The maximum absolute atomic E-state index is 5.73. The summed E-state index contributed by atoms with van der Waals surface area (Å²) in [4.78, 5) is 3.91. The van der Waals surface area contributed by atoms with Gasteiger partial charge in [0.25, 0.3) is 0 Å². The molecule has 3 heteroatoms. The molecule has 1 aromatic heterocycles. The van der Waals surface area contributed by atoms with Crippen LogP contribution in [0.4, 0.5) is 0 Å². The molecule has 0 N–H and O–H groups in total. The van der Waals surface area contributed by atoms with Gasteiger partial charge in [0.15, 0.2) is 0 Å². The van der Waals surface area contributed by atoms with Gasteiger partial charge in [0.1, 0.15) is 0 Å². The van der Waals surface area contributed by atoms with Crippen LogP contribution in [0, 0.1) is 0 Å². The highest BCUT2D eigenvalue weighted by Crippen LogP contribution is 2.40. The van der Waals surface area contributed by atoms with Gasteiger partial charge in [0, 0.05) is 19.4 Å². The predicted molar refractivity (Wildman–Crippen MR) is 89.1 cm³/mol. The number of benzene rings is 2. The van der Waals surface area contributed by atoms with Gasteiger partial charge in [-0.2, -0.15) is 0 Å². The summed E-state index contributed by atoms with van der Waals surface area (Å²) in [6, 6.07) is 19.3. The lowest BCUT2D eigenvalue weighted by Gasteiger charge is -2.01. The molecule has 2 heterocycles. The topological polar surface area (TPSA) is 0 Å². The zero-order chi connectivity index (χ0) is 12.8. The van der Waals surface area contributed by atoms with Gasteiger partial charge < -0.3 is 0 Å². The standard InChI is InChI=1S/C16H10S3/c17-19-15-8-4-2-6-12(15)10-16(19)14-9-11-5-1-3-7-13(11)18-14/h1-10H. The van der Waals surface area contributed by atoms with E-state index in [1.54, 1.807) is 0 Å². The summed E-state index contributed by atoms with van der Waals surface area (Å²) in [7, 11) is -0.208. The van der Waals surface area contributed by atoms with E-state index < -0.39 is 0 Å². The molecule has 1 unspecified atom stereocenters. The van der Waals surface area contributed by atoms with E-state index in [0.29, 0.717) is 0 Å². The van der Waals surface area contributed by atoms with Gasteiger partial charge in [-0.15, -0.1) is 11.3 Å². The van der Waals surface area contributed by atoms with Crippen molar-refractivity contribution in [1.82, 2.24) is 0 Å². The molecule has 0 bridgehead atoms. The van der Waals surface area contributed by atoms with E-state index in [4.69, 9.17) is 11.2 Å². The van der Waals surface area contributed by atoms with Crippen molar-refractivity contribution in [3.8, 4) is 0 Å². The van der Waals surface area contributed by atoms with E-state index in [0.717, 1.165) is 0 Å². The maximum atomic E-state index is 5.73. The van der Waals surface area contributed by atoms with Crippen LogP contribution in [0.5, 0.6) is 0 Å². The summed E-state index contributed by atoms with van der Waals surface area (Å²) in [6.45, 7) is 0. The zero-order valence-electron chi connectivity index (χ0n) is 10.00. The van der Waals surface area contributed by atoms with Gasteiger partial charge in [-0.1, -0.05) is 45.9 Å². The molecule has 1 aliphatic heterocycles. The van der Waals surface area contributed by atoms with Gasteiger partial charge in [-0.3, -0.25) is 0 Å². The molecule has 92 valence electrons. The maximum Gasteiger partial charge on any atom is 0.0425 e. The average molecular weight is 298 g/mol. The molecule has 19 heavy (non-hydrogen) atoms. The Balaban J connectivity index is 1.89. The summed E-state index contributed by atoms with van der Waals surface area (Å²) in [5.74, 6) is 0. The van der Waals surface area contributed by atoms with E-state index in [2.05, 4.69) is 60.7 Å². The fourth-order valence-electron chi connectivity index (χ4n) is 2.35. The molecular formula is C16H10S3. The molecule has 1 aliphatic rings. The van der Waals surface area contributed by atoms with Crippen LogP contribution in [0.25, 0.3) is 21.1 Å². The number of hydrogen-bond donors (Lipinski definition) is 0. The molecule has 3 aromatic rings. The molecule has 0 saturated carbocycles. The van der Waals surface area contributed by atoms with Gasteiger partial charge in [-0.25, -0.2) is 0 Å². The third kappa shape index (κ3) is 1.81. The molecular weight excluding hydrogens is 288 g/mol. The molecule has 4 rings (SSSR count). The average Bonchev–Trinajstić information content (AvgIpc) is 3.00. The van der Waals surface area contributed by atoms with E-state index in [-0.39, 0.29) is 9.45 Å². The highest BCUT2D eigenvalue weighted by atomic mass is 32.8. The Kier molecular flexibility index (Phi) is 2.65. The van der Waals surface area contributed by atoms with Crippen LogP contribution >= 0.6 is 11.3 Å². The SMILES string of the molecule is S=S1C(c2cc3ccccc3s2)=Cc2ccccc21. The van der Waals surface area contributed by atoms with E-state index in [1.807, 2.05) is 11.3 Å². The van der Waals surface area contributed by atoms with Gasteiger partial charge in [-0.05, 0) is 46.4 Å². The van der Waals surface area contributed by atoms with Crippen LogP contribution in [0.1, 0.15) is 10.4 Å². The minimum atomic E-state index is -0.208. The Morgan fingerprint density at radius 1 is 0.947 bits per heavy atom. The summed E-state index contributed by atoms with van der Waals surface area (Å²) in [5.41, 5.74) is 1.29. The second kappa shape index (κ2) is 4.37. The van der Waals surface area contributed by atoms with E-state index in [9.17, 15) is 0 Å². The van der Waals surface area contributed by atoms with Crippen molar-refractivity contribution in [2.45, 2.75) is 4.90 Å². The van der Waals surface area contributed by atoms with Crippen molar-refractivity contribution in [3.63, 3.8) is 0 Å². The second-order valence-electron chi connectivity index (χ2n) is 4.46. The molecule has 0 amide bonds. The Bertz CT molecular complexity index is 807. The van der Waals surface area contributed by atoms with Crippen molar-refractivity contribution >= 4 is 53.0 Å². The minimum Gasteiger partial charge on any atom is -0.135 e. The Morgan fingerprint density at radius 3 is 2.58 bits per heavy atom. The third-order valence-electron chi connectivity index (χ3n) is 3.27. The van der Waals surface area contributed by atoms with Crippen molar-refractivity contribution in [3.05, 3.63) is 65.0 Å². The summed E-state index contributed by atoms with van der Waals surface area (Å²) >= 11 is 7.57. The molecule has 0 aliphatic carbocycles. The lowest BCUT2D eigenvalue weighted by atomic mass is 10.2. The summed E-state index contributed by atoms with van der Waals surface area (Å²) < 4.78 is 1.33. The van der Waals surface area contributed by atoms with Crippen LogP contribution < -0.4 is 0 Å². The highest BCUT2D eigenvalue weighted by Gasteiger charge is 2.19. The van der Waals surface area contributed by atoms with Crippen molar-refractivity contribution in [2.75, 3.05) is 0 Å². The van der Waals surface area contributed by atoms with Gasteiger partial charge in [0.2, 0.25) is 0 Å². The Labute approximate surface area is 123 Å². The fraction of sp³-hybridized carbons (Fsp3) is 0. The molecule has 1 atom stereocenters. The van der Waals surface area contributed by atoms with Crippen LogP contribution in [0.15, 0.2) is 59.5 Å². The van der Waals surface area contributed by atoms with Crippen LogP contribution in [0.3, 0.4) is 0 Å². The van der Waals surface area contributed by atoms with Crippen molar-refractivity contribution in [2.24, 2.45) is 0 Å². The van der Waals surface area contributed by atoms with E-state index in [1.165, 1.54) is 30.3 Å². The largest absolute Gasteiger partial charge is 0.135 e. The fourth-order valence-corrected chi connectivity index (χ4v) is 5.98. The summed E-state index contributed by atoms with van der Waals surface area (Å²) in [5, 5.41) is 1.31. The number of thiophene rings is 1. The first-order valence-corrected chi connectivity index (χ1v) is 9.01. The summed E-state index contributed by atoms with van der Waals surface area (Å²) in [6.07, 6.45) is 2.26. The Hall–Kier alpha value is -1.29. The van der Waals surface area contributed by atoms with Crippen LogP contribution in [0.2, 0.25) is 0 Å². The third-order valence-corrected chi connectivity index (χ3v) is 7.14.